The van der Waals surface area contributed by atoms with Gasteiger partial charge in [-0.05, 0) is 73.5 Å². The van der Waals surface area contributed by atoms with Crippen LogP contribution in [0.5, 0.6) is 5.75 Å². The van der Waals surface area contributed by atoms with Crippen LogP contribution in [-0.2, 0) is 16.1 Å². The van der Waals surface area contributed by atoms with Crippen LogP contribution < -0.4 is 10.1 Å². The molecule has 7 nitrogen and oxygen atoms in total. The highest BCUT2D eigenvalue weighted by molar-refractivity contribution is 6.31. The molecule has 1 aliphatic rings. The number of nitrogens with zero attached hydrogens (tertiary/aromatic N) is 2. The normalized spacial score (nSPS) is 15.2. The zero-order valence-corrected chi connectivity index (χ0v) is 19.1. The Kier molecular flexibility index (Phi) is 6.07. The lowest BCUT2D eigenvalue weighted by Crippen LogP contribution is -2.53. The Hall–Kier alpha value is -3.84. The van der Waals surface area contributed by atoms with Gasteiger partial charge in [-0.1, -0.05) is 23.7 Å². The van der Waals surface area contributed by atoms with Gasteiger partial charge in [0, 0.05) is 22.1 Å². The van der Waals surface area contributed by atoms with E-state index in [1.807, 2.05) is 36.6 Å². The van der Waals surface area contributed by atoms with E-state index in [2.05, 4.69) is 5.32 Å². The number of carbonyl (C=O) groups excluding carboxylic acids is 3. The van der Waals surface area contributed by atoms with Gasteiger partial charge < -0.3 is 9.30 Å². The number of ether oxygens (including phenoxy) is 1. The number of urea groups is 1. The topological polar surface area (TPSA) is 80.6 Å². The van der Waals surface area contributed by atoms with E-state index in [0.717, 1.165) is 27.5 Å². The van der Waals surface area contributed by atoms with Gasteiger partial charge in [-0.15, -0.1) is 0 Å². The Morgan fingerprint density at radius 3 is 2.30 bits per heavy atom. The number of imide groups is 2. The number of amides is 4. The van der Waals surface area contributed by atoms with Gasteiger partial charge in [0.15, 0.2) is 0 Å². The second-order valence-corrected chi connectivity index (χ2v) is 8.13. The summed E-state index contributed by atoms with van der Waals surface area (Å²) in [7, 11) is 1.56. The highest BCUT2D eigenvalue weighted by Gasteiger charge is 2.36. The van der Waals surface area contributed by atoms with E-state index in [0.29, 0.717) is 16.3 Å². The van der Waals surface area contributed by atoms with Gasteiger partial charge in [0.1, 0.15) is 11.3 Å². The first-order valence-corrected chi connectivity index (χ1v) is 10.6. The molecule has 0 aliphatic carbocycles. The SMILES string of the molecule is COc1ccc(CN2C(=O)NC(=O)C(=Cc3cc(C)n(-c4ccc(Cl)cc4)c3C)C2=O)cc1. The number of methoxy groups -OCH3 is 1. The van der Waals surface area contributed by atoms with Gasteiger partial charge in [0.2, 0.25) is 0 Å². The van der Waals surface area contributed by atoms with Crippen LogP contribution in [0.1, 0.15) is 22.5 Å². The summed E-state index contributed by atoms with van der Waals surface area (Å²) in [6.45, 7) is 3.87. The molecule has 3 aromatic rings. The number of carbonyl (C=O) groups is 3. The molecular formula is C25H22ClN3O4. The van der Waals surface area contributed by atoms with Crippen LogP contribution in [0, 0.1) is 13.8 Å². The molecule has 2 heterocycles. The summed E-state index contributed by atoms with van der Waals surface area (Å²) >= 11 is 6.00. The van der Waals surface area contributed by atoms with Crippen LogP contribution in [0.15, 0.2) is 60.2 Å². The fourth-order valence-corrected chi connectivity index (χ4v) is 3.95. The van der Waals surface area contributed by atoms with E-state index in [-0.39, 0.29) is 12.1 Å². The average Bonchev–Trinajstić information content (AvgIpc) is 3.08. The standard InChI is InChI=1S/C25H22ClN3O4/c1-15-12-18(16(2)29(15)20-8-6-19(26)7-9-20)13-22-23(30)27-25(32)28(24(22)31)14-17-4-10-21(33-3)11-5-17/h4-13H,14H2,1-3H3,(H,27,30,32). The van der Waals surface area contributed by atoms with Gasteiger partial charge in [-0.25, -0.2) is 4.79 Å². The minimum atomic E-state index is -0.746. The van der Waals surface area contributed by atoms with Crippen molar-refractivity contribution < 1.29 is 19.1 Å². The lowest BCUT2D eigenvalue weighted by atomic mass is 10.1. The second kappa shape index (κ2) is 8.96. The maximum Gasteiger partial charge on any atom is 0.331 e. The molecule has 2 aromatic carbocycles. The monoisotopic (exact) mass is 463 g/mol. The molecule has 0 unspecified atom stereocenters. The Morgan fingerprint density at radius 2 is 1.67 bits per heavy atom. The molecular weight excluding hydrogens is 442 g/mol. The predicted molar refractivity (Wildman–Crippen MR) is 125 cm³/mol. The largest absolute Gasteiger partial charge is 0.497 e. The summed E-state index contributed by atoms with van der Waals surface area (Å²) in [6.07, 6.45) is 1.53. The van der Waals surface area contributed by atoms with Crippen molar-refractivity contribution >= 4 is 35.5 Å². The molecule has 4 amide bonds. The molecule has 33 heavy (non-hydrogen) atoms. The van der Waals surface area contributed by atoms with Gasteiger partial charge in [-0.3, -0.25) is 19.8 Å². The first-order valence-electron chi connectivity index (χ1n) is 10.2. The molecule has 4 rings (SSSR count). The van der Waals surface area contributed by atoms with E-state index in [1.54, 1.807) is 43.5 Å². The maximum absolute atomic E-state index is 13.1. The number of barbiturate groups is 1. The first-order chi connectivity index (χ1) is 15.8. The summed E-state index contributed by atoms with van der Waals surface area (Å²) in [6, 6.07) is 15.6. The van der Waals surface area contributed by atoms with Crippen molar-refractivity contribution in [3.8, 4) is 11.4 Å². The molecule has 0 radical (unpaired) electrons. The highest BCUT2D eigenvalue weighted by Crippen LogP contribution is 2.25. The van der Waals surface area contributed by atoms with E-state index in [9.17, 15) is 14.4 Å². The minimum absolute atomic E-state index is 0.0308. The molecule has 1 N–H and O–H groups in total. The number of hydrogen-bond donors (Lipinski definition) is 1. The van der Waals surface area contributed by atoms with Crippen LogP contribution in [0.3, 0.4) is 0 Å². The number of benzene rings is 2. The molecule has 0 atom stereocenters. The highest BCUT2D eigenvalue weighted by atomic mass is 35.5. The van der Waals surface area contributed by atoms with Crippen molar-refractivity contribution in [1.82, 2.24) is 14.8 Å². The molecule has 8 heteroatoms. The van der Waals surface area contributed by atoms with Crippen molar-refractivity contribution in [3.05, 3.63) is 87.7 Å². The number of rotatable bonds is 5. The Balaban J connectivity index is 1.66. The number of nitrogens with one attached hydrogen (secondary N) is 1. The van der Waals surface area contributed by atoms with Crippen LogP contribution in [0.25, 0.3) is 11.8 Å². The van der Waals surface area contributed by atoms with E-state index in [1.165, 1.54) is 6.08 Å². The molecule has 0 saturated carbocycles. The molecule has 168 valence electrons. The van der Waals surface area contributed by atoms with Crippen molar-refractivity contribution in [2.75, 3.05) is 7.11 Å². The molecule has 1 fully saturated rings. The number of halogens is 1. The van der Waals surface area contributed by atoms with Crippen molar-refractivity contribution in [2.24, 2.45) is 0 Å². The zero-order valence-electron chi connectivity index (χ0n) is 18.4. The quantitative estimate of drug-likeness (QED) is 0.448. The molecule has 1 aromatic heterocycles. The van der Waals surface area contributed by atoms with Gasteiger partial charge in [-0.2, -0.15) is 0 Å². The van der Waals surface area contributed by atoms with Crippen LogP contribution in [0.4, 0.5) is 4.79 Å². The van der Waals surface area contributed by atoms with Crippen molar-refractivity contribution in [1.29, 1.82) is 0 Å². The van der Waals surface area contributed by atoms with Crippen molar-refractivity contribution in [3.63, 3.8) is 0 Å². The summed E-state index contributed by atoms with van der Waals surface area (Å²) in [4.78, 5) is 39.1. The third kappa shape index (κ3) is 4.40. The van der Waals surface area contributed by atoms with Gasteiger partial charge in [0.25, 0.3) is 11.8 Å². The molecule has 0 spiro atoms. The lowest BCUT2D eigenvalue weighted by molar-refractivity contribution is -0.130. The zero-order chi connectivity index (χ0) is 23.7. The number of hydrogen-bond acceptors (Lipinski definition) is 4. The Labute approximate surface area is 196 Å². The Bertz CT molecular complexity index is 1270. The Morgan fingerprint density at radius 1 is 1.00 bits per heavy atom. The van der Waals surface area contributed by atoms with Gasteiger partial charge in [0.05, 0.1) is 13.7 Å². The summed E-state index contributed by atoms with van der Waals surface area (Å²) in [5.41, 5.74) is 4.03. The van der Waals surface area contributed by atoms with E-state index < -0.39 is 17.8 Å². The fourth-order valence-electron chi connectivity index (χ4n) is 3.83. The predicted octanol–water partition coefficient (Wildman–Crippen LogP) is 4.42. The third-order valence-electron chi connectivity index (χ3n) is 5.54. The maximum atomic E-state index is 13.1. The summed E-state index contributed by atoms with van der Waals surface area (Å²) in [5, 5.41) is 2.90. The average molecular weight is 464 g/mol. The second-order valence-electron chi connectivity index (χ2n) is 7.69. The van der Waals surface area contributed by atoms with Crippen LogP contribution in [0.2, 0.25) is 5.02 Å². The lowest BCUT2D eigenvalue weighted by Gasteiger charge is -2.26. The first kappa shape index (κ1) is 22.4. The minimum Gasteiger partial charge on any atom is -0.497 e. The van der Waals surface area contributed by atoms with E-state index in [4.69, 9.17) is 16.3 Å². The molecule has 1 saturated heterocycles. The van der Waals surface area contributed by atoms with Crippen LogP contribution in [-0.4, -0.2) is 34.4 Å². The summed E-state index contributed by atoms with van der Waals surface area (Å²) in [5.74, 6) is -0.692. The van der Waals surface area contributed by atoms with Gasteiger partial charge >= 0.3 is 6.03 Å². The third-order valence-corrected chi connectivity index (χ3v) is 5.79. The molecule has 1 aliphatic heterocycles. The van der Waals surface area contributed by atoms with E-state index >= 15 is 0 Å². The summed E-state index contributed by atoms with van der Waals surface area (Å²) < 4.78 is 7.15. The number of aryl methyl sites for hydroxylation is 1. The van der Waals surface area contributed by atoms with Crippen molar-refractivity contribution in [2.45, 2.75) is 20.4 Å². The fraction of sp³-hybridized carbons (Fsp3) is 0.160. The van der Waals surface area contributed by atoms with Crippen LogP contribution >= 0.6 is 11.6 Å². The molecule has 0 bridgehead atoms. The smallest absolute Gasteiger partial charge is 0.331 e. The number of aromatic nitrogens is 1.